The largest absolute Gasteiger partial charge is 0.488 e. The Kier molecular flexibility index (Phi) is 3.59. The van der Waals surface area contributed by atoms with E-state index in [0.717, 1.165) is 24.3 Å². The van der Waals surface area contributed by atoms with E-state index in [4.69, 9.17) is 4.74 Å². The highest BCUT2D eigenvalue weighted by atomic mass is 19.1. The lowest BCUT2D eigenvalue weighted by Gasteiger charge is -2.27. The predicted octanol–water partition coefficient (Wildman–Crippen LogP) is 1.83. The Balaban J connectivity index is 1.91. The number of aliphatic hydroxyl groups is 1. The first kappa shape index (κ1) is 13.3. The summed E-state index contributed by atoms with van der Waals surface area (Å²) in [4.78, 5) is 2.03. The summed E-state index contributed by atoms with van der Waals surface area (Å²) >= 11 is 0. The van der Waals surface area contributed by atoms with Gasteiger partial charge in [-0.05, 0) is 39.1 Å². The van der Waals surface area contributed by atoms with Gasteiger partial charge in [-0.2, -0.15) is 0 Å². The Bertz CT molecular complexity index is 428. The molecular formula is C14H20FNO2. The van der Waals surface area contributed by atoms with Crippen molar-refractivity contribution in [2.45, 2.75) is 32.0 Å². The molecule has 3 nitrogen and oxygen atoms in total. The van der Waals surface area contributed by atoms with Gasteiger partial charge in [-0.25, -0.2) is 4.39 Å². The van der Waals surface area contributed by atoms with Crippen LogP contribution in [0, 0.1) is 5.82 Å². The minimum Gasteiger partial charge on any atom is -0.488 e. The van der Waals surface area contributed by atoms with E-state index in [2.05, 4.69) is 0 Å². The molecule has 0 spiro atoms. The molecule has 1 N–H and O–H groups in total. The van der Waals surface area contributed by atoms with Crippen molar-refractivity contribution in [3.63, 3.8) is 0 Å². The number of likely N-dealkylation sites (N-methyl/N-ethyl adjacent to an activating group) is 1. The molecule has 1 aliphatic rings. The third kappa shape index (κ3) is 3.43. The molecule has 1 aliphatic heterocycles. The number of ether oxygens (including phenoxy) is 1. The van der Waals surface area contributed by atoms with Crippen LogP contribution in [0.5, 0.6) is 5.75 Å². The number of nitrogens with zero attached hydrogens (tertiary/aromatic N) is 1. The average molecular weight is 253 g/mol. The van der Waals surface area contributed by atoms with Crippen LogP contribution in [-0.4, -0.2) is 41.8 Å². The van der Waals surface area contributed by atoms with Crippen LogP contribution in [0.3, 0.4) is 0 Å². The summed E-state index contributed by atoms with van der Waals surface area (Å²) in [6.07, 6.45) is 0.762. The summed E-state index contributed by atoms with van der Waals surface area (Å²) in [7, 11) is 1.95. The van der Waals surface area contributed by atoms with Crippen LogP contribution in [0.4, 0.5) is 4.39 Å². The molecule has 0 fully saturated rings. The minimum absolute atomic E-state index is 0.0362. The number of hydrogen-bond acceptors (Lipinski definition) is 3. The Labute approximate surface area is 107 Å². The second-order valence-corrected chi connectivity index (χ2v) is 5.71. The van der Waals surface area contributed by atoms with E-state index >= 15 is 0 Å². The topological polar surface area (TPSA) is 32.7 Å². The fourth-order valence-corrected chi connectivity index (χ4v) is 2.46. The lowest BCUT2D eigenvalue weighted by atomic mass is 10.1. The van der Waals surface area contributed by atoms with Crippen molar-refractivity contribution in [1.82, 2.24) is 4.90 Å². The van der Waals surface area contributed by atoms with Crippen LogP contribution in [0.2, 0.25) is 0 Å². The molecular weight excluding hydrogens is 233 g/mol. The normalized spacial score (nSPS) is 18.9. The molecule has 1 unspecified atom stereocenters. The second kappa shape index (κ2) is 4.86. The molecule has 0 bridgehead atoms. The molecule has 4 heteroatoms. The van der Waals surface area contributed by atoms with Gasteiger partial charge >= 0.3 is 0 Å². The number of rotatable bonds is 4. The summed E-state index contributed by atoms with van der Waals surface area (Å²) in [6.45, 7) is 4.87. The molecule has 0 saturated carbocycles. The van der Waals surface area contributed by atoms with Crippen LogP contribution < -0.4 is 4.74 Å². The molecule has 1 aromatic rings. The average Bonchev–Trinajstić information content (AvgIpc) is 2.55. The van der Waals surface area contributed by atoms with Gasteiger partial charge in [0.15, 0.2) is 0 Å². The van der Waals surface area contributed by atoms with E-state index in [9.17, 15) is 9.50 Å². The van der Waals surface area contributed by atoms with Crippen LogP contribution in [0.15, 0.2) is 18.2 Å². The highest BCUT2D eigenvalue weighted by molar-refractivity contribution is 5.37. The SMILES string of the molecule is CN(CC1Cc2cc(F)ccc2O1)CC(C)(C)O. The van der Waals surface area contributed by atoms with Crippen LogP contribution >= 0.6 is 0 Å². The fourth-order valence-electron chi connectivity index (χ4n) is 2.46. The van der Waals surface area contributed by atoms with Gasteiger partial charge in [0.25, 0.3) is 0 Å². The Morgan fingerprint density at radius 3 is 2.89 bits per heavy atom. The van der Waals surface area contributed by atoms with Crippen LogP contribution in [-0.2, 0) is 6.42 Å². The van der Waals surface area contributed by atoms with Crippen LogP contribution in [0.1, 0.15) is 19.4 Å². The summed E-state index contributed by atoms with van der Waals surface area (Å²) < 4.78 is 18.8. The molecule has 2 rings (SSSR count). The quantitative estimate of drug-likeness (QED) is 0.888. The zero-order valence-electron chi connectivity index (χ0n) is 11.1. The summed E-state index contributed by atoms with van der Waals surface area (Å²) in [6, 6.07) is 4.63. The third-order valence-electron chi connectivity index (χ3n) is 2.94. The molecule has 1 heterocycles. The van der Waals surface area contributed by atoms with E-state index in [1.54, 1.807) is 19.9 Å². The summed E-state index contributed by atoms with van der Waals surface area (Å²) in [5.74, 6) is 0.556. The molecule has 0 saturated heterocycles. The van der Waals surface area contributed by atoms with Gasteiger partial charge in [0.05, 0.1) is 5.60 Å². The van der Waals surface area contributed by atoms with Crippen molar-refractivity contribution in [1.29, 1.82) is 0 Å². The van der Waals surface area contributed by atoms with E-state index in [-0.39, 0.29) is 11.9 Å². The lowest BCUT2D eigenvalue weighted by molar-refractivity contribution is 0.0344. The van der Waals surface area contributed by atoms with Gasteiger partial charge in [0.2, 0.25) is 0 Å². The first-order valence-corrected chi connectivity index (χ1v) is 6.19. The van der Waals surface area contributed by atoms with Crippen molar-refractivity contribution in [2.75, 3.05) is 20.1 Å². The van der Waals surface area contributed by atoms with Crippen molar-refractivity contribution < 1.29 is 14.2 Å². The van der Waals surface area contributed by atoms with Crippen molar-refractivity contribution >= 4 is 0 Å². The van der Waals surface area contributed by atoms with E-state index < -0.39 is 5.60 Å². The standard InChI is InChI=1S/C14H20FNO2/c1-14(2,17)9-16(3)8-12-7-10-6-11(15)4-5-13(10)18-12/h4-6,12,17H,7-9H2,1-3H3. The van der Waals surface area contributed by atoms with Gasteiger partial charge in [0, 0.05) is 25.1 Å². The smallest absolute Gasteiger partial charge is 0.123 e. The molecule has 0 amide bonds. The van der Waals surface area contributed by atoms with Gasteiger partial charge in [-0.15, -0.1) is 0 Å². The fraction of sp³-hybridized carbons (Fsp3) is 0.571. The molecule has 18 heavy (non-hydrogen) atoms. The number of halogens is 1. The Morgan fingerprint density at radius 2 is 2.22 bits per heavy atom. The van der Waals surface area contributed by atoms with E-state index in [0.29, 0.717) is 6.54 Å². The first-order valence-electron chi connectivity index (χ1n) is 6.19. The first-order chi connectivity index (χ1) is 8.33. The Morgan fingerprint density at radius 1 is 1.50 bits per heavy atom. The monoisotopic (exact) mass is 253 g/mol. The van der Waals surface area contributed by atoms with Crippen molar-refractivity contribution in [3.05, 3.63) is 29.6 Å². The number of fused-ring (bicyclic) bond motifs is 1. The molecule has 0 aliphatic carbocycles. The molecule has 1 aromatic carbocycles. The molecule has 0 radical (unpaired) electrons. The van der Waals surface area contributed by atoms with Crippen molar-refractivity contribution in [3.8, 4) is 5.75 Å². The van der Waals surface area contributed by atoms with E-state index in [1.165, 1.54) is 12.1 Å². The maximum Gasteiger partial charge on any atom is 0.123 e. The summed E-state index contributed by atoms with van der Waals surface area (Å²) in [5.41, 5.74) is 0.212. The van der Waals surface area contributed by atoms with Gasteiger partial charge in [0.1, 0.15) is 17.7 Å². The highest BCUT2D eigenvalue weighted by Gasteiger charge is 2.26. The van der Waals surface area contributed by atoms with Gasteiger partial charge in [-0.1, -0.05) is 0 Å². The van der Waals surface area contributed by atoms with Gasteiger partial charge in [-0.3, -0.25) is 4.90 Å². The maximum atomic E-state index is 13.1. The Hall–Kier alpha value is -1.13. The zero-order chi connectivity index (χ0) is 13.3. The number of hydrogen-bond donors (Lipinski definition) is 1. The highest BCUT2D eigenvalue weighted by Crippen LogP contribution is 2.29. The van der Waals surface area contributed by atoms with E-state index in [1.807, 2.05) is 11.9 Å². The lowest BCUT2D eigenvalue weighted by Crippen LogP contribution is -2.41. The predicted molar refractivity (Wildman–Crippen MR) is 68.3 cm³/mol. The molecule has 1 atom stereocenters. The van der Waals surface area contributed by atoms with Crippen LogP contribution in [0.25, 0.3) is 0 Å². The summed E-state index contributed by atoms with van der Waals surface area (Å²) in [5, 5.41) is 9.74. The van der Waals surface area contributed by atoms with Crippen molar-refractivity contribution in [2.24, 2.45) is 0 Å². The number of benzene rings is 1. The molecule has 100 valence electrons. The zero-order valence-corrected chi connectivity index (χ0v) is 11.1. The third-order valence-corrected chi connectivity index (χ3v) is 2.94. The van der Waals surface area contributed by atoms with Gasteiger partial charge < -0.3 is 9.84 Å². The molecule has 0 aromatic heterocycles. The maximum absolute atomic E-state index is 13.1. The minimum atomic E-state index is -0.716. The second-order valence-electron chi connectivity index (χ2n) is 5.71.